The Kier molecular flexibility index (Phi) is 5.56. The van der Waals surface area contributed by atoms with Crippen LogP contribution in [0.4, 0.5) is 0 Å². The second-order valence-electron chi connectivity index (χ2n) is 5.30. The van der Waals surface area contributed by atoms with Gasteiger partial charge in [0, 0.05) is 20.1 Å². The summed E-state index contributed by atoms with van der Waals surface area (Å²) in [7, 11) is 1.76. The van der Waals surface area contributed by atoms with E-state index in [1.807, 2.05) is 12.1 Å². The predicted molar refractivity (Wildman–Crippen MR) is 85.5 cm³/mol. The fourth-order valence-corrected chi connectivity index (χ4v) is 2.26. The summed E-state index contributed by atoms with van der Waals surface area (Å²) in [4.78, 5) is 4.19. The van der Waals surface area contributed by atoms with Gasteiger partial charge in [0.2, 0.25) is 0 Å². The van der Waals surface area contributed by atoms with Crippen molar-refractivity contribution in [3.05, 3.63) is 22.7 Å². The molecule has 116 valence electrons. The molecule has 0 aromatic heterocycles. The molecule has 1 aromatic rings. The zero-order valence-corrected chi connectivity index (χ0v) is 13.5. The number of ether oxygens (including phenoxy) is 2. The Morgan fingerprint density at radius 1 is 1.29 bits per heavy atom. The number of hydrogen-bond donors (Lipinski definition) is 2. The highest BCUT2D eigenvalue weighted by Crippen LogP contribution is 2.38. The molecule has 0 unspecified atom stereocenters. The molecule has 0 saturated carbocycles. The fourth-order valence-electron chi connectivity index (χ4n) is 1.97. The van der Waals surface area contributed by atoms with Gasteiger partial charge in [-0.1, -0.05) is 25.4 Å². The van der Waals surface area contributed by atoms with Crippen molar-refractivity contribution >= 4 is 17.6 Å². The summed E-state index contributed by atoms with van der Waals surface area (Å²) in [6.07, 6.45) is 0. The molecule has 1 aromatic carbocycles. The first kappa shape index (κ1) is 15.8. The minimum atomic E-state index is 0.538. The van der Waals surface area contributed by atoms with Crippen LogP contribution in [0, 0.1) is 5.92 Å². The first-order valence-corrected chi connectivity index (χ1v) is 7.50. The standard InChI is InChI=1S/C15H22ClN3O2/c1-10(2)8-18-15(17-3)19-9-11-6-12(16)14-13(7-11)20-4-5-21-14/h6-7,10H,4-5,8-9H2,1-3H3,(H2,17,18,19). The van der Waals surface area contributed by atoms with Crippen molar-refractivity contribution in [2.24, 2.45) is 10.9 Å². The largest absolute Gasteiger partial charge is 0.486 e. The Balaban J connectivity index is 1.98. The van der Waals surface area contributed by atoms with Gasteiger partial charge < -0.3 is 20.1 Å². The lowest BCUT2D eigenvalue weighted by atomic mass is 10.2. The van der Waals surface area contributed by atoms with E-state index in [-0.39, 0.29) is 0 Å². The molecule has 0 saturated heterocycles. The first-order valence-electron chi connectivity index (χ1n) is 7.12. The number of hydrogen-bond acceptors (Lipinski definition) is 3. The maximum atomic E-state index is 6.22. The van der Waals surface area contributed by atoms with Crippen molar-refractivity contribution in [2.45, 2.75) is 20.4 Å². The van der Waals surface area contributed by atoms with E-state index in [1.54, 1.807) is 7.05 Å². The van der Waals surface area contributed by atoms with Crippen molar-refractivity contribution in [3.8, 4) is 11.5 Å². The third kappa shape index (κ3) is 4.43. The van der Waals surface area contributed by atoms with Gasteiger partial charge in [0.15, 0.2) is 17.5 Å². The summed E-state index contributed by atoms with van der Waals surface area (Å²) in [5.74, 6) is 2.67. The molecule has 1 aliphatic rings. The highest BCUT2D eigenvalue weighted by molar-refractivity contribution is 6.32. The molecule has 0 aliphatic carbocycles. The number of aliphatic imine (C=N–C) groups is 1. The van der Waals surface area contributed by atoms with Crippen molar-refractivity contribution in [2.75, 3.05) is 26.8 Å². The van der Waals surface area contributed by atoms with Gasteiger partial charge in [-0.2, -0.15) is 0 Å². The molecule has 0 amide bonds. The fraction of sp³-hybridized carbons (Fsp3) is 0.533. The summed E-state index contributed by atoms with van der Waals surface area (Å²) in [5.41, 5.74) is 1.02. The summed E-state index contributed by atoms with van der Waals surface area (Å²) < 4.78 is 11.1. The number of rotatable bonds is 4. The molecule has 2 N–H and O–H groups in total. The Hall–Kier alpha value is -1.62. The van der Waals surface area contributed by atoms with Crippen LogP contribution >= 0.6 is 11.6 Å². The smallest absolute Gasteiger partial charge is 0.191 e. The Bertz CT molecular complexity index is 518. The maximum Gasteiger partial charge on any atom is 0.191 e. The average Bonchev–Trinajstić information content (AvgIpc) is 2.47. The minimum Gasteiger partial charge on any atom is -0.486 e. The maximum absolute atomic E-state index is 6.22. The third-order valence-corrected chi connectivity index (χ3v) is 3.30. The molecule has 0 fully saturated rings. The van der Waals surface area contributed by atoms with E-state index in [4.69, 9.17) is 21.1 Å². The van der Waals surface area contributed by atoms with Gasteiger partial charge in [-0.3, -0.25) is 4.99 Å². The van der Waals surface area contributed by atoms with E-state index in [2.05, 4.69) is 29.5 Å². The van der Waals surface area contributed by atoms with E-state index in [1.165, 1.54) is 0 Å². The average molecular weight is 312 g/mol. The van der Waals surface area contributed by atoms with Crippen LogP contribution in [0.2, 0.25) is 5.02 Å². The van der Waals surface area contributed by atoms with Gasteiger partial charge in [0.25, 0.3) is 0 Å². The van der Waals surface area contributed by atoms with Crippen molar-refractivity contribution in [3.63, 3.8) is 0 Å². The molecule has 0 bridgehead atoms. The molecule has 0 radical (unpaired) electrons. The molecular formula is C15H22ClN3O2. The van der Waals surface area contributed by atoms with Crippen LogP contribution in [0.3, 0.4) is 0 Å². The number of benzene rings is 1. The number of nitrogens with one attached hydrogen (secondary N) is 2. The molecule has 1 aliphatic heterocycles. The van der Waals surface area contributed by atoms with Crippen molar-refractivity contribution < 1.29 is 9.47 Å². The van der Waals surface area contributed by atoms with Gasteiger partial charge in [0.1, 0.15) is 13.2 Å². The minimum absolute atomic E-state index is 0.538. The monoisotopic (exact) mass is 311 g/mol. The second kappa shape index (κ2) is 7.41. The molecule has 6 heteroatoms. The lowest BCUT2D eigenvalue weighted by Gasteiger charge is -2.20. The van der Waals surface area contributed by atoms with E-state index >= 15 is 0 Å². The van der Waals surface area contributed by atoms with Gasteiger partial charge >= 0.3 is 0 Å². The molecular weight excluding hydrogens is 290 g/mol. The lowest BCUT2D eigenvalue weighted by molar-refractivity contribution is 0.171. The third-order valence-electron chi connectivity index (χ3n) is 3.02. The summed E-state index contributed by atoms with van der Waals surface area (Å²) >= 11 is 6.22. The number of fused-ring (bicyclic) bond motifs is 1. The summed E-state index contributed by atoms with van der Waals surface area (Å²) in [5, 5.41) is 7.10. The Labute approximate surface area is 130 Å². The van der Waals surface area contributed by atoms with Crippen LogP contribution in [-0.2, 0) is 6.54 Å². The van der Waals surface area contributed by atoms with Crippen LogP contribution < -0.4 is 20.1 Å². The van der Waals surface area contributed by atoms with Crippen LogP contribution in [0.5, 0.6) is 11.5 Å². The highest BCUT2D eigenvalue weighted by Gasteiger charge is 2.16. The number of nitrogens with zero attached hydrogens (tertiary/aromatic N) is 1. The topological polar surface area (TPSA) is 54.9 Å². The Morgan fingerprint density at radius 3 is 2.76 bits per heavy atom. The highest BCUT2D eigenvalue weighted by atomic mass is 35.5. The summed E-state index contributed by atoms with van der Waals surface area (Å²) in [6.45, 7) is 6.89. The molecule has 0 atom stereocenters. The van der Waals surface area contributed by atoms with Crippen LogP contribution in [0.15, 0.2) is 17.1 Å². The van der Waals surface area contributed by atoms with Crippen molar-refractivity contribution in [1.29, 1.82) is 0 Å². The summed E-state index contributed by atoms with van der Waals surface area (Å²) in [6, 6.07) is 3.83. The quantitative estimate of drug-likeness (QED) is 0.662. The normalized spacial score (nSPS) is 14.2. The zero-order valence-electron chi connectivity index (χ0n) is 12.7. The van der Waals surface area contributed by atoms with Gasteiger partial charge in [-0.05, 0) is 23.6 Å². The van der Waals surface area contributed by atoms with Gasteiger partial charge in [0.05, 0.1) is 5.02 Å². The molecule has 21 heavy (non-hydrogen) atoms. The zero-order chi connectivity index (χ0) is 15.2. The van der Waals surface area contributed by atoms with Gasteiger partial charge in [-0.15, -0.1) is 0 Å². The van der Waals surface area contributed by atoms with E-state index in [0.29, 0.717) is 42.2 Å². The van der Waals surface area contributed by atoms with E-state index in [9.17, 15) is 0 Å². The molecule has 1 heterocycles. The number of guanidine groups is 1. The van der Waals surface area contributed by atoms with Crippen molar-refractivity contribution in [1.82, 2.24) is 10.6 Å². The molecule has 2 rings (SSSR count). The van der Waals surface area contributed by atoms with E-state index in [0.717, 1.165) is 18.1 Å². The lowest BCUT2D eigenvalue weighted by Crippen LogP contribution is -2.38. The predicted octanol–water partition coefficient (Wildman–Crippen LogP) is 2.43. The van der Waals surface area contributed by atoms with Crippen LogP contribution in [-0.4, -0.2) is 32.8 Å². The second-order valence-corrected chi connectivity index (χ2v) is 5.71. The molecule has 5 nitrogen and oxygen atoms in total. The van der Waals surface area contributed by atoms with Gasteiger partial charge in [-0.25, -0.2) is 0 Å². The first-order chi connectivity index (χ1) is 10.1. The SMILES string of the molecule is CN=C(NCc1cc(Cl)c2c(c1)OCCO2)NCC(C)C. The molecule has 0 spiro atoms. The van der Waals surface area contributed by atoms with Crippen LogP contribution in [0.25, 0.3) is 0 Å². The van der Waals surface area contributed by atoms with Crippen LogP contribution in [0.1, 0.15) is 19.4 Å². The van der Waals surface area contributed by atoms with E-state index < -0.39 is 0 Å². The Morgan fingerprint density at radius 2 is 2.05 bits per heavy atom. The number of halogens is 1.